The first kappa shape index (κ1) is 17.4. The summed E-state index contributed by atoms with van der Waals surface area (Å²) in [5.74, 6) is 1.42. The van der Waals surface area contributed by atoms with Gasteiger partial charge in [0.05, 0.1) is 32.4 Å². The molecule has 4 rings (SSSR count). The van der Waals surface area contributed by atoms with Crippen molar-refractivity contribution in [1.82, 2.24) is 24.9 Å². The average Bonchev–Trinajstić information content (AvgIpc) is 3.39. The van der Waals surface area contributed by atoms with Gasteiger partial charge in [0.15, 0.2) is 5.82 Å². The minimum atomic E-state index is -0.175. The van der Waals surface area contributed by atoms with E-state index in [0.29, 0.717) is 25.6 Å². The molecule has 1 N–H and O–H groups in total. The topological polar surface area (TPSA) is 83.2 Å². The minimum Gasteiger partial charge on any atom is -0.497 e. The van der Waals surface area contributed by atoms with Crippen molar-refractivity contribution in [3.8, 4) is 11.6 Å². The molecule has 8 heteroatoms. The molecule has 0 bridgehead atoms. The molecule has 1 aliphatic rings. The fourth-order valence-electron chi connectivity index (χ4n) is 3.15. The Morgan fingerprint density at radius 2 is 2.07 bits per heavy atom. The molecule has 1 fully saturated rings. The van der Waals surface area contributed by atoms with Gasteiger partial charge in [-0.2, -0.15) is 5.10 Å². The SMILES string of the molecule is COc1ccc(CNC2COCC2n2nc(-n3cccn3)ccc2=O)cc1. The quantitative estimate of drug-likeness (QED) is 0.704. The lowest BCUT2D eigenvalue weighted by atomic mass is 10.1. The van der Waals surface area contributed by atoms with Crippen molar-refractivity contribution in [1.29, 1.82) is 0 Å². The number of hydrogen-bond donors (Lipinski definition) is 1. The lowest BCUT2D eigenvalue weighted by molar-refractivity contribution is 0.180. The first-order chi connectivity index (χ1) is 13.2. The number of aromatic nitrogens is 4. The molecule has 140 valence electrons. The molecule has 2 aromatic heterocycles. The highest BCUT2D eigenvalue weighted by Gasteiger charge is 2.31. The lowest BCUT2D eigenvalue weighted by Gasteiger charge is -2.20. The van der Waals surface area contributed by atoms with Gasteiger partial charge in [-0.1, -0.05) is 12.1 Å². The van der Waals surface area contributed by atoms with Crippen molar-refractivity contribution in [3.05, 3.63) is 70.8 Å². The molecule has 8 nitrogen and oxygen atoms in total. The third-order valence-corrected chi connectivity index (χ3v) is 4.64. The van der Waals surface area contributed by atoms with E-state index in [1.54, 1.807) is 30.3 Å². The predicted molar refractivity (Wildman–Crippen MR) is 99.1 cm³/mol. The first-order valence-electron chi connectivity index (χ1n) is 8.78. The van der Waals surface area contributed by atoms with Gasteiger partial charge in [0, 0.05) is 25.0 Å². The summed E-state index contributed by atoms with van der Waals surface area (Å²) in [7, 11) is 1.65. The van der Waals surface area contributed by atoms with Crippen LogP contribution in [0, 0.1) is 0 Å². The normalized spacial score (nSPS) is 19.3. The number of nitrogens with one attached hydrogen (secondary N) is 1. The Kier molecular flexibility index (Phi) is 4.99. The smallest absolute Gasteiger partial charge is 0.267 e. The van der Waals surface area contributed by atoms with E-state index in [2.05, 4.69) is 15.5 Å². The van der Waals surface area contributed by atoms with E-state index in [4.69, 9.17) is 9.47 Å². The number of rotatable bonds is 6. The van der Waals surface area contributed by atoms with Crippen molar-refractivity contribution in [2.75, 3.05) is 20.3 Å². The van der Waals surface area contributed by atoms with Gasteiger partial charge in [0.25, 0.3) is 5.56 Å². The highest BCUT2D eigenvalue weighted by Crippen LogP contribution is 2.19. The Labute approximate surface area is 156 Å². The van der Waals surface area contributed by atoms with Crippen molar-refractivity contribution in [2.45, 2.75) is 18.6 Å². The van der Waals surface area contributed by atoms with Crippen LogP contribution in [0.5, 0.6) is 5.75 Å². The Morgan fingerprint density at radius 3 is 2.81 bits per heavy atom. The fourth-order valence-corrected chi connectivity index (χ4v) is 3.15. The zero-order valence-corrected chi connectivity index (χ0v) is 15.0. The summed E-state index contributed by atoms with van der Waals surface area (Å²) in [6.45, 7) is 1.64. The monoisotopic (exact) mass is 367 g/mol. The molecule has 1 saturated heterocycles. The van der Waals surface area contributed by atoms with Crippen LogP contribution in [-0.2, 0) is 11.3 Å². The van der Waals surface area contributed by atoms with Crippen molar-refractivity contribution < 1.29 is 9.47 Å². The molecular weight excluding hydrogens is 346 g/mol. The number of hydrogen-bond acceptors (Lipinski definition) is 6. The van der Waals surface area contributed by atoms with Crippen molar-refractivity contribution in [2.24, 2.45) is 0 Å². The summed E-state index contributed by atoms with van der Waals surface area (Å²) >= 11 is 0. The van der Waals surface area contributed by atoms with E-state index in [9.17, 15) is 4.79 Å². The standard InChI is InChI=1S/C19H21N5O3/c1-26-15-5-3-14(4-6-15)11-20-16-12-27-13-17(16)24-19(25)8-7-18(22-24)23-10-2-9-21-23/h2-10,16-17,20H,11-13H2,1H3. The number of benzene rings is 1. The maximum absolute atomic E-state index is 12.4. The first-order valence-corrected chi connectivity index (χ1v) is 8.78. The van der Waals surface area contributed by atoms with Gasteiger partial charge in [-0.15, -0.1) is 5.10 Å². The molecule has 0 radical (unpaired) electrons. The highest BCUT2D eigenvalue weighted by atomic mass is 16.5. The van der Waals surface area contributed by atoms with E-state index < -0.39 is 0 Å². The van der Waals surface area contributed by atoms with Crippen molar-refractivity contribution >= 4 is 0 Å². The van der Waals surface area contributed by atoms with Crippen LogP contribution in [0.3, 0.4) is 0 Å². The predicted octanol–water partition coefficient (Wildman–Crippen LogP) is 1.17. The van der Waals surface area contributed by atoms with E-state index in [0.717, 1.165) is 11.3 Å². The summed E-state index contributed by atoms with van der Waals surface area (Å²) in [5, 5.41) is 12.1. The van der Waals surface area contributed by atoms with E-state index in [1.807, 2.05) is 30.3 Å². The molecule has 2 unspecified atom stereocenters. The Bertz CT molecular complexity index is 937. The summed E-state index contributed by atoms with van der Waals surface area (Å²) in [6, 6.07) is 12.7. The molecule has 0 saturated carbocycles. The summed E-state index contributed by atoms with van der Waals surface area (Å²) in [5.41, 5.74) is 0.977. The van der Waals surface area contributed by atoms with E-state index >= 15 is 0 Å². The molecule has 0 aliphatic carbocycles. The summed E-state index contributed by atoms with van der Waals surface area (Å²) in [4.78, 5) is 12.4. The molecule has 0 spiro atoms. The molecule has 27 heavy (non-hydrogen) atoms. The van der Waals surface area contributed by atoms with E-state index in [-0.39, 0.29) is 17.6 Å². The zero-order valence-electron chi connectivity index (χ0n) is 15.0. The Balaban J connectivity index is 1.51. The fraction of sp³-hybridized carbons (Fsp3) is 0.316. The molecular formula is C19H21N5O3. The third kappa shape index (κ3) is 3.76. The second-order valence-electron chi connectivity index (χ2n) is 6.37. The van der Waals surface area contributed by atoms with Gasteiger partial charge in [0.1, 0.15) is 5.75 Å². The summed E-state index contributed by atoms with van der Waals surface area (Å²) < 4.78 is 13.9. The second-order valence-corrected chi connectivity index (χ2v) is 6.37. The number of nitrogens with zero attached hydrogens (tertiary/aromatic N) is 4. The van der Waals surface area contributed by atoms with Crippen LogP contribution in [0.2, 0.25) is 0 Å². The third-order valence-electron chi connectivity index (χ3n) is 4.64. The molecule has 3 heterocycles. The highest BCUT2D eigenvalue weighted by molar-refractivity contribution is 5.27. The maximum atomic E-state index is 12.4. The molecule has 0 amide bonds. The average molecular weight is 367 g/mol. The molecule has 2 atom stereocenters. The van der Waals surface area contributed by atoms with Crippen LogP contribution in [0.1, 0.15) is 11.6 Å². The Hall–Kier alpha value is -2.97. The van der Waals surface area contributed by atoms with Gasteiger partial charge in [-0.05, 0) is 29.8 Å². The van der Waals surface area contributed by atoms with Crippen LogP contribution < -0.4 is 15.6 Å². The van der Waals surface area contributed by atoms with Crippen LogP contribution in [0.15, 0.2) is 59.7 Å². The second kappa shape index (κ2) is 7.73. The molecule has 3 aromatic rings. The van der Waals surface area contributed by atoms with Crippen molar-refractivity contribution in [3.63, 3.8) is 0 Å². The Morgan fingerprint density at radius 1 is 1.22 bits per heavy atom. The van der Waals surface area contributed by atoms with Gasteiger partial charge >= 0.3 is 0 Å². The summed E-state index contributed by atoms with van der Waals surface area (Å²) in [6.07, 6.45) is 3.47. The van der Waals surface area contributed by atoms with Gasteiger partial charge in [0.2, 0.25) is 0 Å². The van der Waals surface area contributed by atoms with Gasteiger partial charge in [-0.25, -0.2) is 9.36 Å². The van der Waals surface area contributed by atoms with Gasteiger partial charge < -0.3 is 14.8 Å². The number of methoxy groups -OCH3 is 1. The number of ether oxygens (including phenoxy) is 2. The molecule has 1 aromatic carbocycles. The largest absolute Gasteiger partial charge is 0.497 e. The lowest BCUT2D eigenvalue weighted by Crippen LogP contribution is -2.41. The van der Waals surface area contributed by atoms with Crippen LogP contribution >= 0.6 is 0 Å². The van der Waals surface area contributed by atoms with Crippen LogP contribution in [0.25, 0.3) is 5.82 Å². The van der Waals surface area contributed by atoms with Gasteiger partial charge in [-0.3, -0.25) is 4.79 Å². The minimum absolute atomic E-state index is 0.00910. The van der Waals surface area contributed by atoms with Crippen LogP contribution in [-0.4, -0.2) is 45.9 Å². The molecule has 1 aliphatic heterocycles. The maximum Gasteiger partial charge on any atom is 0.267 e. The zero-order chi connectivity index (χ0) is 18.6. The van der Waals surface area contributed by atoms with Crippen LogP contribution in [0.4, 0.5) is 0 Å². The van der Waals surface area contributed by atoms with E-state index in [1.165, 1.54) is 10.7 Å².